The zero-order valence-electron chi connectivity index (χ0n) is 18.6. The summed E-state index contributed by atoms with van der Waals surface area (Å²) in [5, 5.41) is 4.08. The lowest BCUT2D eigenvalue weighted by Crippen LogP contribution is -2.37. The Hall–Kier alpha value is -1.86. The van der Waals surface area contributed by atoms with Gasteiger partial charge in [0.1, 0.15) is 0 Å². The number of fused-ring (bicyclic) bond motifs is 1. The summed E-state index contributed by atoms with van der Waals surface area (Å²) in [5.41, 5.74) is 0.967. The number of benzene rings is 1. The van der Waals surface area contributed by atoms with Crippen LogP contribution in [0.1, 0.15) is 64.7 Å². The van der Waals surface area contributed by atoms with Crippen molar-refractivity contribution in [1.29, 1.82) is 0 Å². The number of nitrogens with zero attached hydrogens (tertiary/aromatic N) is 2. The van der Waals surface area contributed by atoms with Crippen molar-refractivity contribution in [3.05, 3.63) is 30.5 Å². The highest BCUT2D eigenvalue weighted by atomic mass is 32.2. The van der Waals surface area contributed by atoms with Gasteiger partial charge in [-0.05, 0) is 68.7 Å². The molecule has 1 aliphatic heterocycles. The summed E-state index contributed by atoms with van der Waals surface area (Å²) in [4.78, 5) is 12.8. The van der Waals surface area contributed by atoms with Crippen LogP contribution in [-0.4, -0.2) is 42.3 Å². The first-order chi connectivity index (χ1) is 14.9. The minimum absolute atomic E-state index is 0.0989. The molecule has 0 atom stereocenters. The first-order valence-corrected chi connectivity index (χ1v) is 13.3. The quantitative estimate of drug-likeness (QED) is 0.721. The average Bonchev–Trinajstić information content (AvgIpc) is 2.96. The third kappa shape index (κ3) is 5.32. The molecule has 1 aromatic heterocycles. The molecule has 1 saturated heterocycles. The fourth-order valence-electron chi connectivity index (χ4n) is 4.89. The molecule has 1 aromatic carbocycles. The Morgan fingerprint density at radius 1 is 1.03 bits per heavy atom. The Balaban J connectivity index is 1.40. The van der Waals surface area contributed by atoms with E-state index >= 15 is 0 Å². The average molecular weight is 446 g/mol. The van der Waals surface area contributed by atoms with Crippen molar-refractivity contribution in [2.45, 2.75) is 82.2 Å². The highest BCUT2D eigenvalue weighted by molar-refractivity contribution is 7.89. The second-order valence-electron chi connectivity index (χ2n) is 9.32. The molecule has 2 aromatic rings. The molecular formula is C24H35N3O3S. The molecule has 31 heavy (non-hydrogen) atoms. The van der Waals surface area contributed by atoms with Crippen LogP contribution in [0.4, 0.5) is 0 Å². The van der Waals surface area contributed by atoms with Crippen LogP contribution in [0, 0.1) is 5.92 Å². The van der Waals surface area contributed by atoms with Crippen molar-refractivity contribution in [2.75, 3.05) is 13.1 Å². The van der Waals surface area contributed by atoms with Crippen LogP contribution in [0.25, 0.3) is 10.9 Å². The number of nitrogens with one attached hydrogen (secondary N) is 1. The number of carbonyl (C=O) groups is 1. The Labute approximate surface area is 186 Å². The normalized spacial score (nSPS) is 23.5. The second kappa shape index (κ2) is 9.74. The number of hydrogen-bond acceptors (Lipinski definition) is 3. The zero-order valence-corrected chi connectivity index (χ0v) is 19.4. The standard InChI is InChI=1S/C24H35N3O3S/c1-19-6-8-21(9-7-19)25-24(28)13-17-26-16-12-20-18-22(10-11-23(20)26)31(29,30)27-14-4-2-3-5-15-27/h10-12,16,18-19,21H,2-9,13-15,17H2,1H3,(H,25,28). The van der Waals surface area contributed by atoms with Crippen LogP contribution < -0.4 is 5.32 Å². The van der Waals surface area contributed by atoms with Gasteiger partial charge in [-0.2, -0.15) is 4.31 Å². The van der Waals surface area contributed by atoms with E-state index in [0.29, 0.717) is 37.0 Å². The highest BCUT2D eigenvalue weighted by Crippen LogP contribution is 2.26. The van der Waals surface area contributed by atoms with E-state index in [9.17, 15) is 13.2 Å². The SMILES string of the molecule is CC1CCC(NC(=O)CCn2ccc3cc(S(=O)(=O)N4CCCCCC4)ccc32)CC1. The minimum Gasteiger partial charge on any atom is -0.353 e. The Morgan fingerprint density at radius 3 is 2.45 bits per heavy atom. The van der Waals surface area contributed by atoms with Crippen LogP contribution in [0.5, 0.6) is 0 Å². The molecule has 2 aliphatic rings. The zero-order chi connectivity index (χ0) is 21.8. The van der Waals surface area contributed by atoms with Crippen molar-refractivity contribution < 1.29 is 13.2 Å². The molecule has 1 N–H and O–H groups in total. The largest absolute Gasteiger partial charge is 0.353 e. The number of sulfonamides is 1. The van der Waals surface area contributed by atoms with Crippen molar-refractivity contribution in [2.24, 2.45) is 5.92 Å². The summed E-state index contributed by atoms with van der Waals surface area (Å²) in [5.74, 6) is 0.870. The van der Waals surface area contributed by atoms with Crippen molar-refractivity contribution >= 4 is 26.8 Å². The van der Waals surface area contributed by atoms with Gasteiger partial charge in [0.25, 0.3) is 0 Å². The van der Waals surface area contributed by atoms with Gasteiger partial charge in [-0.15, -0.1) is 0 Å². The lowest BCUT2D eigenvalue weighted by atomic mass is 9.87. The second-order valence-corrected chi connectivity index (χ2v) is 11.3. The molecule has 1 saturated carbocycles. The number of hydrogen-bond donors (Lipinski definition) is 1. The summed E-state index contributed by atoms with van der Waals surface area (Å²) >= 11 is 0. The summed E-state index contributed by atoms with van der Waals surface area (Å²) in [6.45, 7) is 4.09. The summed E-state index contributed by atoms with van der Waals surface area (Å²) in [6, 6.07) is 7.62. The van der Waals surface area contributed by atoms with Gasteiger partial charge in [0.15, 0.2) is 0 Å². The van der Waals surface area contributed by atoms with Gasteiger partial charge in [0.05, 0.1) is 4.90 Å². The number of rotatable bonds is 6. The molecule has 1 amide bonds. The van der Waals surface area contributed by atoms with Gasteiger partial charge in [0.2, 0.25) is 15.9 Å². The first kappa shape index (κ1) is 22.3. The fourth-order valence-corrected chi connectivity index (χ4v) is 6.44. The van der Waals surface area contributed by atoms with Crippen LogP contribution in [0.2, 0.25) is 0 Å². The van der Waals surface area contributed by atoms with Crippen molar-refractivity contribution in [3.8, 4) is 0 Å². The Morgan fingerprint density at radius 2 is 1.74 bits per heavy atom. The molecule has 6 nitrogen and oxygen atoms in total. The summed E-state index contributed by atoms with van der Waals surface area (Å²) in [6.07, 6.45) is 11.0. The van der Waals surface area contributed by atoms with Crippen molar-refractivity contribution in [3.63, 3.8) is 0 Å². The van der Waals surface area contributed by atoms with Crippen LogP contribution >= 0.6 is 0 Å². The number of carbonyl (C=O) groups excluding carboxylic acids is 1. The van der Waals surface area contributed by atoms with Gasteiger partial charge in [-0.1, -0.05) is 19.8 Å². The van der Waals surface area contributed by atoms with Crippen LogP contribution in [0.15, 0.2) is 35.4 Å². The van der Waals surface area contributed by atoms with Gasteiger partial charge in [-0.25, -0.2) is 8.42 Å². The van der Waals surface area contributed by atoms with Crippen LogP contribution in [0.3, 0.4) is 0 Å². The van der Waals surface area contributed by atoms with Gasteiger partial charge >= 0.3 is 0 Å². The lowest BCUT2D eigenvalue weighted by molar-refractivity contribution is -0.122. The first-order valence-electron chi connectivity index (χ1n) is 11.8. The maximum absolute atomic E-state index is 13.1. The lowest BCUT2D eigenvalue weighted by Gasteiger charge is -2.26. The van der Waals surface area contributed by atoms with E-state index in [-0.39, 0.29) is 5.91 Å². The molecule has 0 unspecified atom stereocenters. The number of amides is 1. The third-order valence-electron chi connectivity index (χ3n) is 6.91. The van der Waals surface area contributed by atoms with Gasteiger partial charge in [-0.3, -0.25) is 4.79 Å². The fraction of sp³-hybridized carbons (Fsp3) is 0.625. The van der Waals surface area contributed by atoms with E-state index in [1.54, 1.807) is 16.4 Å². The molecule has 2 heterocycles. The van der Waals surface area contributed by atoms with E-state index in [1.165, 1.54) is 12.8 Å². The topological polar surface area (TPSA) is 71.4 Å². The molecule has 2 fully saturated rings. The molecule has 7 heteroatoms. The monoisotopic (exact) mass is 445 g/mol. The van der Waals surface area contributed by atoms with Crippen molar-refractivity contribution in [1.82, 2.24) is 14.2 Å². The predicted molar refractivity (Wildman–Crippen MR) is 123 cm³/mol. The molecule has 1 aliphatic carbocycles. The molecule has 0 bridgehead atoms. The highest BCUT2D eigenvalue weighted by Gasteiger charge is 2.25. The van der Waals surface area contributed by atoms with Crippen LogP contribution in [-0.2, 0) is 21.4 Å². The Bertz CT molecular complexity index is 998. The maximum atomic E-state index is 13.1. The van der Waals surface area contributed by atoms with E-state index in [2.05, 4.69) is 12.2 Å². The minimum atomic E-state index is -3.45. The number of aromatic nitrogens is 1. The maximum Gasteiger partial charge on any atom is 0.243 e. The van der Waals surface area contributed by atoms with Gasteiger partial charge < -0.3 is 9.88 Å². The third-order valence-corrected chi connectivity index (χ3v) is 8.80. The van der Waals surface area contributed by atoms with E-state index in [4.69, 9.17) is 0 Å². The smallest absolute Gasteiger partial charge is 0.243 e. The molecule has 4 rings (SSSR count). The molecular weight excluding hydrogens is 410 g/mol. The predicted octanol–water partition coefficient (Wildman–Crippen LogP) is 4.29. The van der Waals surface area contributed by atoms with E-state index in [1.807, 2.05) is 22.9 Å². The molecule has 0 radical (unpaired) electrons. The summed E-state index contributed by atoms with van der Waals surface area (Å²) in [7, 11) is -3.45. The van der Waals surface area contributed by atoms with Gasteiger partial charge in [0, 0.05) is 49.2 Å². The summed E-state index contributed by atoms with van der Waals surface area (Å²) < 4.78 is 29.8. The van der Waals surface area contributed by atoms with E-state index in [0.717, 1.165) is 55.3 Å². The number of aryl methyl sites for hydroxylation is 1. The molecule has 170 valence electrons. The Kier molecular flexibility index (Phi) is 7.02. The molecule has 0 spiro atoms. The van der Waals surface area contributed by atoms with E-state index < -0.39 is 10.0 Å².